The monoisotopic (exact) mass is 488 g/mol. The lowest BCUT2D eigenvalue weighted by Crippen LogP contribution is -2.27. The first kappa shape index (κ1) is 24.4. The Morgan fingerprint density at radius 1 is 0.909 bits per heavy atom. The zero-order chi connectivity index (χ0) is 24.2. The van der Waals surface area contributed by atoms with Crippen LogP contribution in [0.15, 0.2) is 82.6 Å². The van der Waals surface area contributed by atoms with Crippen LogP contribution in [0.3, 0.4) is 0 Å². The number of sulfone groups is 1. The Labute approximate surface area is 193 Å². The molecule has 3 aromatic carbocycles. The Morgan fingerprint density at radius 2 is 1.55 bits per heavy atom. The number of para-hydroxylation sites is 1. The highest BCUT2D eigenvalue weighted by Gasteiger charge is 2.27. The van der Waals surface area contributed by atoms with E-state index in [9.17, 15) is 21.6 Å². The number of hydrogen-bond donors (Lipinski definition) is 1. The first-order valence-electron chi connectivity index (χ1n) is 9.83. The Kier molecular flexibility index (Phi) is 7.21. The lowest BCUT2D eigenvalue weighted by Gasteiger charge is -2.19. The third kappa shape index (κ3) is 5.59. The molecule has 10 heteroatoms. The number of ether oxygens (including phenoxy) is 1. The van der Waals surface area contributed by atoms with Crippen molar-refractivity contribution in [1.82, 2.24) is 4.31 Å². The second kappa shape index (κ2) is 9.74. The summed E-state index contributed by atoms with van der Waals surface area (Å²) in [5.41, 5.74) is 0.936. The summed E-state index contributed by atoms with van der Waals surface area (Å²) in [5, 5.41) is 2.55. The van der Waals surface area contributed by atoms with Crippen LogP contribution in [0.4, 0.5) is 5.69 Å². The van der Waals surface area contributed by atoms with E-state index in [0.717, 1.165) is 11.8 Å². The van der Waals surface area contributed by atoms with Crippen molar-refractivity contribution in [3.63, 3.8) is 0 Å². The highest BCUT2D eigenvalue weighted by Crippen LogP contribution is 2.29. The van der Waals surface area contributed by atoms with E-state index in [-0.39, 0.29) is 33.3 Å². The maximum absolute atomic E-state index is 13.3. The van der Waals surface area contributed by atoms with Crippen molar-refractivity contribution in [3.05, 3.63) is 83.9 Å². The van der Waals surface area contributed by atoms with Crippen LogP contribution in [0.1, 0.15) is 15.9 Å². The molecule has 0 spiro atoms. The van der Waals surface area contributed by atoms with Crippen LogP contribution in [0.2, 0.25) is 0 Å². The largest absolute Gasteiger partial charge is 0.495 e. The van der Waals surface area contributed by atoms with Crippen LogP contribution in [-0.2, 0) is 26.4 Å². The van der Waals surface area contributed by atoms with Gasteiger partial charge in [-0.1, -0.05) is 42.5 Å². The minimum atomic E-state index is -4.01. The highest BCUT2D eigenvalue weighted by atomic mass is 32.2. The third-order valence-electron chi connectivity index (χ3n) is 4.90. The Bertz CT molecular complexity index is 1370. The average molecular weight is 489 g/mol. The number of nitrogens with zero attached hydrogens (tertiary/aromatic N) is 1. The first-order valence-corrected chi connectivity index (χ1v) is 13.2. The van der Waals surface area contributed by atoms with Crippen LogP contribution in [0.25, 0.3) is 0 Å². The summed E-state index contributed by atoms with van der Waals surface area (Å²) in [5.74, 6) is -0.570. The summed E-state index contributed by atoms with van der Waals surface area (Å²) in [7, 11) is -4.81. The number of hydrogen-bond acceptors (Lipinski definition) is 6. The molecule has 0 bridgehead atoms. The van der Waals surface area contributed by atoms with Gasteiger partial charge in [0.1, 0.15) is 10.6 Å². The average Bonchev–Trinajstić information content (AvgIpc) is 2.78. The molecule has 0 aliphatic carbocycles. The summed E-state index contributed by atoms with van der Waals surface area (Å²) in [6, 6.07) is 19.1. The lowest BCUT2D eigenvalue weighted by molar-refractivity contribution is 0.102. The molecule has 0 radical (unpaired) electrons. The Balaban J connectivity index is 1.95. The predicted octanol–water partition coefficient (Wildman–Crippen LogP) is 3.17. The first-order chi connectivity index (χ1) is 15.5. The Hall–Kier alpha value is -3.21. The van der Waals surface area contributed by atoms with Crippen LogP contribution < -0.4 is 10.1 Å². The summed E-state index contributed by atoms with van der Waals surface area (Å²) in [6.07, 6.45) is 1.04. The van der Waals surface area contributed by atoms with Crippen molar-refractivity contribution < 1.29 is 26.4 Å². The standard InChI is InChI=1S/C23H24N2O6S2/c1-25(16-17-9-5-4-6-10-17)33(29,30)22-15-18(13-14-20(22)31-2)23(26)24-19-11-7-8-12-21(19)32(3,27)28/h4-15H,16H2,1-3H3,(H,24,26). The van der Waals surface area contributed by atoms with Crippen molar-refractivity contribution >= 4 is 31.5 Å². The second-order valence-corrected chi connectivity index (χ2v) is 11.3. The number of amides is 1. The molecule has 0 atom stereocenters. The number of sulfonamides is 1. The van der Waals surface area contributed by atoms with Gasteiger partial charge in [0.25, 0.3) is 5.91 Å². The molecule has 0 aliphatic rings. The molecule has 3 aromatic rings. The molecule has 3 rings (SSSR count). The molecule has 0 fully saturated rings. The number of rotatable bonds is 8. The fourth-order valence-electron chi connectivity index (χ4n) is 3.20. The van der Waals surface area contributed by atoms with Crippen LogP contribution in [0, 0.1) is 0 Å². The summed E-state index contributed by atoms with van der Waals surface area (Å²) in [4.78, 5) is 12.7. The molecule has 0 aliphatic heterocycles. The van der Waals surface area contributed by atoms with Crippen molar-refractivity contribution in [2.24, 2.45) is 0 Å². The van der Waals surface area contributed by atoms with E-state index in [0.29, 0.717) is 0 Å². The van der Waals surface area contributed by atoms with Gasteiger partial charge >= 0.3 is 0 Å². The van der Waals surface area contributed by atoms with E-state index in [1.165, 1.54) is 48.8 Å². The zero-order valence-corrected chi connectivity index (χ0v) is 20.0. The van der Waals surface area contributed by atoms with Gasteiger partial charge in [0.15, 0.2) is 9.84 Å². The van der Waals surface area contributed by atoms with Crippen molar-refractivity contribution in [2.75, 3.05) is 25.7 Å². The van der Waals surface area contributed by atoms with E-state index >= 15 is 0 Å². The number of carbonyl (C=O) groups excluding carboxylic acids is 1. The van der Waals surface area contributed by atoms with Gasteiger partial charge in [0.05, 0.1) is 17.7 Å². The molecule has 0 aromatic heterocycles. The normalized spacial score (nSPS) is 11.9. The molecule has 8 nitrogen and oxygen atoms in total. The lowest BCUT2D eigenvalue weighted by atomic mass is 10.2. The quantitative estimate of drug-likeness (QED) is 0.522. The fourth-order valence-corrected chi connectivity index (χ4v) is 5.38. The summed E-state index contributed by atoms with van der Waals surface area (Å²) < 4.78 is 57.0. The van der Waals surface area contributed by atoms with Gasteiger partial charge in [-0.05, 0) is 35.9 Å². The van der Waals surface area contributed by atoms with Crippen LogP contribution >= 0.6 is 0 Å². The minimum Gasteiger partial charge on any atom is -0.495 e. The van der Waals surface area contributed by atoms with Crippen molar-refractivity contribution in [3.8, 4) is 5.75 Å². The van der Waals surface area contributed by atoms with Gasteiger partial charge in [-0.15, -0.1) is 0 Å². The van der Waals surface area contributed by atoms with E-state index < -0.39 is 25.8 Å². The van der Waals surface area contributed by atoms with Crippen LogP contribution in [0.5, 0.6) is 5.75 Å². The molecule has 0 heterocycles. The van der Waals surface area contributed by atoms with E-state index in [1.54, 1.807) is 12.1 Å². The van der Waals surface area contributed by atoms with Gasteiger partial charge in [-0.2, -0.15) is 4.31 Å². The number of anilines is 1. The molecule has 33 heavy (non-hydrogen) atoms. The molecular weight excluding hydrogens is 464 g/mol. The van der Waals surface area contributed by atoms with E-state index in [1.807, 2.05) is 30.3 Å². The molecule has 0 saturated carbocycles. The molecule has 0 unspecified atom stereocenters. The number of benzene rings is 3. The second-order valence-electron chi connectivity index (χ2n) is 7.33. The molecule has 1 N–H and O–H groups in total. The van der Waals surface area contributed by atoms with Crippen LogP contribution in [-0.4, -0.2) is 47.5 Å². The fraction of sp³-hybridized carbons (Fsp3) is 0.174. The molecule has 1 amide bonds. The number of nitrogens with one attached hydrogen (secondary N) is 1. The summed E-state index contributed by atoms with van der Waals surface area (Å²) >= 11 is 0. The minimum absolute atomic E-state index is 0.0331. The van der Waals surface area contributed by atoms with E-state index in [2.05, 4.69) is 5.32 Å². The smallest absolute Gasteiger partial charge is 0.255 e. The zero-order valence-electron chi connectivity index (χ0n) is 18.3. The van der Waals surface area contributed by atoms with Gasteiger partial charge in [-0.3, -0.25) is 4.79 Å². The topological polar surface area (TPSA) is 110 Å². The third-order valence-corrected chi connectivity index (χ3v) is 7.88. The predicted molar refractivity (Wildman–Crippen MR) is 126 cm³/mol. The Morgan fingerprint density at radius 3 is 2.18 bits per heavy atom. The number of carbonyl (C=O) groups is 1. The molecule has 0 saturated heterocycles. The van der Waals surface area contributed by atoms with Crippen molar-refractivity contribution in [2.45, 2.75) is 16.3 Å². The molecule has 174 valence electrons. The van der Waals surface area contributed by atoms with Gasteiger partial charge < -0.3 is 10.1 Å². The molecular formula is C23H24N2O6S2. The van der Waals surface area contributed by atoms with E-state index in [4.69, 9.17) is 4.74 Å². The summed E-state index contributed by atoms with van der Waals surface area (Å²) in [6.45, 7) is 0.129. The van der Waals surface area contributed by atoms with Gasteiger partial charge in [0.2, 0.25) is 10.0 Å². The van der Waals surface area contributed by atoms with Gasteiger partial charge in [-0.25, -0.2) is 16.8 Å². The maximum Gasteiger partial charge on any atom is 0.255 e. The SMILES string of the molecule is COc1ccc(C(=O)Nc2ccccc2S(C)(=O)=O)cc1S(=O)(=O)N(C)Cc1ccccc1. The number of methoxy groups -OCH3 is 1. The van der Waals surface area contributed by atoms with Gasteiger partial charge in [0, 0.05) is 25.4 Å². The highest BCUT2D eigenvalue weighted by molar-refractivity contribution is 7.91. The van der Waals surface area contributed by atoms with Crippen molar-refractivity contribution in [1.29, 1.82) is 0 Å². The maximum atomic E-state index is 13.3.